The van der Waals surface area contributed by atoms with Gasteiger partial charge in [0.05, 0.1) is 5.58 Å². The van der Waals surface area contributed by atoms with E-state index in [0.29, 0.717) is 17.5 Å². The third-order valence-corrected chi connectivity index (χ3v) is 12.9. The van der Waals surface area contributed by atoms with Crippen molar-refractivity contribution in [1.29, 1.82) is 0 Å². The van der Waals surface area contributed by atoms with E-state index in [1.165, 1.54) is 16.7 Å². The molecule has 0 aliphatic heterocycles. The number of aryl methyl sites for hydroxylation is 1. The number of hydrogen-bond donors (Lipinski definition) is 0. The van der Waals surface area contributed by atoms with Gasteiger partial charge >= 0.3 is 151 Å². The van der Waals surface area contributed by atoms with Gasteiger partial charge in [-0.05, 0) is 43.2 Å². The van der Waals surface area contributed by atoms with Crippen LogP contribution < -0.4 is 4.40 Å². The Hall–Kier alpha value is -3.12. The molecule has 4 nitrogen and oxygen atoms in total. The number of nitrogens with zero attached hydrogens (tertiary/aromatic N) is 3. The molecule has 49 heavy (non-hydrogen) atoms. The second-order valence-electron chi connectivity index (χ2n) is 16.0. The molecule has 0 aliphatic carbocycles. The summed E-state index contributed by atoms with van der Waals surface area (Å²) in [5, 5.41) is 2.09. The van der Waals surface area contributed by atoms with Crippen LogP contribution in [0.25, 0.3) is 44.6 Å². The summed E-state index contributed by atoms with van der Waals surface area (Å²) in [4.78, 5) is 13.9. The summed E-state index contributed by atoms with van der Waals surface area (Å²) in [6.07, 6.45) is 6.19. The average Bonchev–Trinajstić information content (AvgIpc) is 3.37. The molecular weight excluding hydrogens is 839 g/mol. The zero-order chi connectivity index (χ0) is 34.8. The van der Waals surface area contributed by atoms with Crippen LogP contribution in [-0.4, -0.2) is 28.2 Å². The molecule has 2 aromatic carbocycles. The monoisotopic (exact) mass is 892 g/mol. The second kappa shape index (κ2) is 15.8. The first-order chi connectivity index (χ1) is 22.6. The van der Waals surface area contributed by atoms with Crippen LogP contribution in [-0.2, 0) is 38.4 Å². The van der Waals surface area contributed by atoms with E-state index in [-0.39, 0.29) is 25.5 Å². The van der Waals surface area contributed by atoms with Gasteiger partial charge in [-0.2, -0.15) is 0 Å². The van der Waals surface area contributed by atoms with E-state index in [4.69, 9.17) is 9.40 Å². The number of aromatic nitrogens is 3. The molecule has 6 rings (SSSR count). The predicted molar refractivity (Wildman–Crippen MR) is 206 cm³/mol. The fourth-order valence-corrected chi connectivity index (χ4v) is 9.46. The maximum absolute atomic E-state index is 6.06. The Morgan fingerprint density at radius 1 is 0.796 bits per heavy atom. The zero-order valence-corrected chi connectivity index (χ0v) is 35.6. The SMILES string of the molecule is CC(C)Cc1cc(-c2[c-]ccc(C(C)(C)C)c2)nc[c]1[Ge]([CH3])([CH3])[CH3].Cc1ccc2c(n1)oc1c(-c3cc(CC(C)C)ccn3)[c-]ccc12.[Ir]. The van der Waals surface area contributed by atoms with Crippen LogP contribution in [0.5, 0.6) is 0 Å². The number of pyridine rings is 3. The molecular formula is C43H51GeIrN3O-2. The molecule has 0 fully saturated rings. The van der Waals surface area contributed by atoms with Gasteiger partial charge in [0, 0.05) is 37.4 Å². The van der Waals surface area contributed by atoms with Crippen molar-refractivity contribution in [3.05, 3.63) is 108 Å². The molecule has 0 unspecified atom stereocenters. The summed E-state index contributed by atoms with van der Waals surface area (Å²) >= 11 is -1.91. The quantitative estimate of drug-likeness (QED) is 0.118. The smallest absolute Gasteiger partial charge is 0.216 e. The first-order valence-corrected chi connectivity index (χ1v) is 24.6. The molecule has 4 aromatic heterocycles. The largest absolute Gasteiger partial charge is 0.486 e. The van der Waals surface area contributed by atoms with Crippen molar-refractivity contribution in [2.75, 3.05) is 0 Å². The summed E-state index contributed by atoms with van der Waals surface area (Å²) in [6.45, 7) is 17.8. The molecule has 0 saturated carbocycles. The van der Waals surface area contributed by atoms with Crippen molar-refractivity contribution in [3.8, 4) is 22.5 Å². The fraction of sp³-hybridized carbons (Fsp3) is 0.372. The Kier molecular flexibility index (Phi) is 12.5. The van der Waals surface area contributed by atoms with E-state index in [2.05, 4.69) is 130 Å². The van der Waals surface area contributed by atoms with Crippen LogP contribution in [0.2, 0.25) is 17.3 Å². The number of benzene rings is 2. The van der Waals surface area contributed by atoms with Gasteiger partial charge in [0.1, 0.15) is 0 Å². The van der Waals surface area contributed by atoms with Crippen LogP contribution in [0.15, 0.2) is 77.5 Å². The number of rotatable bonds is 7. The van der Waals surface area contributed by atoms with Gasteiger partial charge in [-0.25, -0.2) is 4.98 Å². The molecule has 6 aromatic rings. The first-order valence-electron chi connectivity index (χ1n) is 17.3. The third kappa shape index (κ3) is 9.57. The van der Waals surface area contributed by atoms with Gasteiger partial charge in [0.15, 0.2) is 0 Å². The van der Waals surface area contributed by atoms with Crippen molar-refractivity contribution in [2.24, 2.45) is 11.8 Å². The molecule has 0 N–H and O–H groups in total. The predicted octanol–water partition coefficient (Wildman–Crippen LogP) is 10.9. The van der Waals surface area contributed by atoms with E-state index in [1.807, 2.05) is 37.4 Å². The molecule has 0 saturated heterocycles. The van der Waals surface area contributed by atoms with Crippen LogP contribution in [0, 0.1) is 30.9 Å². The van der Waals surface area contributed by atoms with Crippen LogP contribution in [0.4, 0.5) is 0 Å². The minimum absolute atomic E-state index is 0. The number of furan rings is 1. The Morgan fingerprint density at radius 2 is 1.51 bits per heavy atom. The molecule has 4 heterocycles. The molecule has 0 atom stereocenters. The zero-order valence-electron chi connectivity index (χ0n) is 31.1. The topological polar surface area (TPSA) is 51.8 Å². The van der Waals surface area contributed by atoms with Crippen molar-refractivity contribution >= 4 is 39.7 Å². The maximum atomic E-state index is 6.06. The van der Waals surface area contributed by atoms with Gasteiger partial charge in [0.2, 0.25) is 5.71 Å². The normalized spacial score (nSPS) is 11.9. The van der Waals surface area contributed by atoms with Crippen molar-refractivity contribution in [1.82, 2.24) is 15.0 Å². The Balaban J connectivity index is 0.000000216. The summed E-state index contributed by atoms with van der Waals surface area (Å²) in [5.41, 5.74) is 10.7. The molecule has 0 aliphatic rings. The summed E-state index contributed by atoms with van der Waals surface area (Å²) in [5.74, 6) is 8.62. The molecule has 0 amide bonds. The molecule has 0 spiro atoms. The Morgan fingerprint density at radius 3 is 2.18 bits per heavy atom. The van der Waals surface area contributed by atoms with Crippen molar-refractivity contribution in [3.63, 3.8) is 0 Å². The number of fused-ring (bicyclic) bond motifs is 3. The van der Waals surface area contributed by atoms with Crippen LogP contribution >= 0.6 is 0 Å². The number of hydrogen-bond acceptors (Lipinski definition) is 4. The molecule has 1 radical (unpaired) electrons. The molecule has 6 heteroatoms. The van der Waals surface area contributed by atoms with E-state index < -0.39 is 13.3 Å². The maximum Gasteiger partial charge on any atom is 0.216 e. The average molecular weight is 891 g/mol. The fourth-order valence-electron chi connectivity index (χ4n) is 6.12. The van der Waals surface area contributed by atoms with E-state index in [0.717, 1.165) is 57.4 Å². The Labute approximate surface area is 310 Å². The van der Waals surface area contributed by atoms with Crippen molar-refractivity contribution in [2.45, 2.75) is 90.9 Å². The summed E-state index contributed by atoms with van der Waals surface area (Å²) in [7, 11) is 0. The van der Waals surface area contributed by atoms with E-state index >= 15 is 0 Å². The van der Waals surface area contributed by atoms with Gasteiger partial charge in [-0.3, -0.25) is 0 Å². The second-order valence-corrected chi connectivity index (χ2v) is 26.5. The third-order valence-electron chi connectivity index (χ3n) is 8.53. The standard InChI is InChI=1S/C22H32GeN.C21H19N2O.Ir/c1-16(2)12-18-14-21(24-15-20(18)23(6,7)8)17-10-9-11-19(13-17)22(3,4)5;1-13(2)11-15-9-10-22-19(12-15)18-6-4-5-16-17-8-7-14(3)23-21(17)24-20(16)18;/h9,11,13-16H,12H2,1-8H3;4-5,7-10,12-13H,11H2,1-3H3;/q2*-1;. The van der Waals surface area contributed by atoms with Crippen molar-refractivity contribution < 1.29 is 24.5 Å². The van der Waals surface area contributed by atoms with Gasteiger partial charge in [-0.1, -0.05) is 36.4 Å². The van der Waals surface area contributed by atoms with Crippen LogP contribution in [0.1, 0.15) is 70.9 Å². The van der Waals surface area contributed by atoms with E-state index in [9.17, 15) is 0 Å². The van der Waals surface area contributed by atoms with Gasteiger partial charge < -0.3 is 9.40 Å². The molecule has 259 valence electrons. The summed E-state index contributed by atoms with van der Waals surface area (Å²) in [6, 6.07) is 27.7. The van der Waals surface area contributed by atoms with Crippen LogP contribution in [0.3, 0.4) is 0 Å². The van der Waals surface area contributed by atoms with E-state index in [1.54, 1.807) is 4.40 Å². The minimum Gasteiger partial charge on any atom is -0.486 e. The minimum atomic E-state index is -1.91. The summed E-state index contributed by atoms with van der Waals surface area (Å²) < 4.78 is 7.60. The first kappa shape index (κ1) is 38.7. The molecule has 0 bridgehead atoms. The van der Waals surface area contributed by atoms with Gasteiger partial charge in [0.25, 0.3) is 0 Å². The van der Waals surface area contributed by atoms with Gasteiger partial charge in [-0.15, -0.1) is 18.2 Å². The Bertz CT molecular complexity index is 2030.